The summed E-state index contributed by atoms with van der Waals surface area (Å²) in [4.78, 5) is 30.9. The van der Waals surface area contributed by atoms with Gasteiger partial charge in [0.05, 0.1) is 12.2 Å². The zero-order valence-electron chi connectivity index (χ0n) is 20.6. The lowest BCUT2D eigenvalue weighted by atomic mass is 9.91. The monoisotopic (exact) mass is 503 g/mol. The number of rotatable bonds is 6. The maximum Gasteiger partial charge on any atom is 0.236 e. The average molecular weight is 504 g/mol. The van der Waals surface area contributed by atoms with Gasteiger partial charge in [-0.2, -0.15) is 5.90 Å². The Labute approximate surface area is 216 Å². The zero-order chi connectivity index (χ0) is 24.5. The van der Waals surface area contributed by atoms with E-state index in [1.54, 1.807) is 11.3 Å². The summed E-state index contributed by atoms with van der Waals surface area (Å²) in [5.41, 5.74) is 4.58. The molecule has 1 amide bonds. The third kappa shape index (κ3) is 4.91. The van der Waals surface area contributed by atoms with Gasteiger partial charge in [0, 0.05) is 62.2 Å². The van der Waals surface area contributed by atoms with Crippen molar-refractivity contribution in [1.82, 2.24) is 19.7 Å². The number of carbonyl (C=O) groups is 1. The number of fused-ring (bicyclic) bond motifs is 1. The largest absolute Gasteiger partial charge is 0.412 e. The van der Waals surface area contributed by atoms with E-state index in [-0.39, 0.29) is 5.91 Å². The Morgan fingerprint density at radius 3 is 2.25 bits per heavy atom. The molecule has 2 aliphatic heterocycles. The van der Waals surface area contributed by atoms with Crippen LogP contribution >= 0.6 is 11.3 Å². The number of nitrogens with two attached hydrogens (primary N) is 1. The number of thiazole rings is 1. The van der Waals surface area contributed by atoms with Gasteiger partial charge in [-0.25, -0.2) is 4.98 Å². The molecule has 1 aromatic heterocycles. The standard InChI is InChI=1S/C28H33N5O2S/c29-35-24-10-8-21(9-11-24)20-4-6-22(7-5-20)28-30-25-12-13-31(18-26(25)36-28)19-27(34)33-16-14-32(15-17-33)23-2-1-3-23/h4-11,23H,1-3,12-19,29H2. The van der Waals surface area contributed by atoms with Crippen molar-refractivity contribution in [3.63, 3.8) is 0 Å². The van der Waals surface area contributed by atoms with Crippen LogP contribution in [0.2, 0.25) is 0 Å². The average Bonchev–Trinajstić information content (AvgIpc) is 3.32. The van der Waals surface area contributed by atoms with E-state index < -0.39 is 0 Å². The van der Waals surface area contributed by atoms with Gasteiger partial charge in [0.15, 0.2) is 0 Å². The maximum absolute atomic E-state index is 13.0. The van der Waals surface area contributed by atoms with Crippen LogP contribution < -0.4 is 10.7 Å². The molecular formula is C28H33N5O2S. The minimum absolute atomic E-state index is 0.276. The van der Waals surface area contributed by atoms with Gasteiger partial charge in [-0.05, 0) is 36.1 Å². The van der Waals surface area contributed by atoms with Gasteiger partial charge in [0.1, 0.15) is 10.8 Å². The molecule has 7 nitrogen and oxygen atoms in total. The lowest BCUT2D eigenvalue weighted by molar-refractivity contribution is -0.135. The SMILES string of the molecule is NOc1ccc(-c2ccc(-c3nc4c(s3)CN(CC(=O)N3CCN(C5CCC5)CC3)CC4)cc2)cc1. The Hall–Kier alpha value is -2.78. The molecule has 2 aromatic carbocycles. The fourth-order valence-corrected chi connectivity index (χ4v) is 6.57. The van der Waals surface area contributed by atoms with Crippen molar-refractivity contribution in [3.05, 3.63) is 59.1 Å². The summed E-state index contributed by atoms with van der Waals surface area (Å²) in [6.45, 7) is 6.04. The molecule has 6 rings (SSSR count). The highest BCUT2D eigenvalue weighted by Crippen LogP contribution is 2.33. The molecule has 0 radical (unpaired) electrons. The Balaban J connectivity index is 1.06. The first-order valence-electron chi connectivity index (χ1n) is 13.0. The van der Waals surface area contributed by atoms with E-state index in [9.17, 15) is 4.79 Å². The number of hydrogen-bond acceptors (Lipinski definition) is 7. The van der Waals surface area contributed by atoms with E-state index >= 15 is 0 Å². The highest BCUT2D eigenvalue weighted by molar-refractivity contribution is 7.15. The first-order valence-corrected chi connectivity index (χ1v) is 13.8. The van der Waals surface area contributed by atoms with E-state index in [4.69, 9.17) is 15.7 Å². The van der Waals surface area contributed by atoms with Crippen LogP contribution in [-0.4, -0.2) is 70.9 Å². The summed E-state index contributed by atoms with van der Waals surface area (Å²) in [5, 5.41) is 1.05. The van der Waals surface area contributed by atoms with Gasteiger partial charge in [0.25, 0.3) is 0 Å². The number of nitrogens with zero attached hydrogens (tertiary/aromatic N) is 4. The fourth-order valence-electron chi connectivity index (χ4n) is 5.42. The fraction of sp³-hybridized carbons (Fsp3) is 0.429. The van der Waals surface area contributed by atoms with Crippen molar-refractivity contribution >= 4 is 17.2 Å². The van der Waals surface area contributed by atoms with Gasteiger partial charge < -0.3 is 9.74 Å². The van der Waals surface area contributed by atoms with Crippen molar-refractivity contribution in [2.24, 2.45) is 5.90 Å². The van der Waals surface area contributed by atoms with E-state index in [1.807, 2.05) is 24.3 Å². The van der Waals surface area contributed by atoms with Crippen LogP contribution in [0.3, 0.4) is 0 Å². The number of carbonyl (C=O) groups excluding carboxylic acids is 1. The smallest absolute Gasteiger partial charge is 0.236 e. The topological polar surface area (TPSA) is 74.9 Å². The molecule has 8 heteroatoms. The lowest BCUT2D eigenvalue weighted by Gasteiger charge is -2.43. The molecule has 0 bridgehead atoms. The molecule has 3 aromatic rings. The summed E-state index contributed by atoms with van der Waals surface area (Å²) >= 11 is 1.76. The molecule has 3 aliphatic rings. The second-order valence-corrected chi connectivity index (χ2v) is 11.2. The van der Waals surface area contributed by atoms with E-state index in [0.29, 0.717) is 12.3 Å². The van der Waals surface area contributed by atoms with Crippen molar-refractivity contribution in [2.75, 3.05) is 39.3 Å². The van der Waals surface area contributed by atoms with Gasteiger partial charge in [0.2, 0.25) is 5.91 Å². The normalized spacial score (nSPS) is 19.1. The molecule has 2 fully saturated rings. The van der Waals surface area contributed by atoms with Gasteiger partial charge in [-0.3, -0.25) is 14.6 Å². The highest BCUT2D eigenvalue weighted by atomic mass is 32.1. The summed E-state index contributed by atoms with van der Waals surface area (Å²) in [6.07, 6.45) is 4.95. The van der Waals surface area contributed by atoms with Gasteiger partial charge in [-0.1, -0.05) is 42.8 Å². The molecule has 2 N–H and O–H groups in total. The van der Waals surface area contributed by atoms with Crippen LogP contribution in [0.25, 0.3) is 21.7 Å². The van der Waals surface area contributed by atoms with Gasteiger partial charge >= 0.3 is 0 Å². The number of piperazine rings is 1. The molecule has 0 unspecified atom stereocenters. The third-order valence-corrected chi connectivity index (χ3v) is 9.01. The zero-order valence-corrected chi connectivity index (χ0v) is 21.4. The first kappa shape index (κ1) is 23.6. The van der Waals surface area contributed by atoms with Crippen molar-refractivity contribution in [3.8, 4) is 27.4 Å². The summed E-state index contributed by atoms with van der Waals surface area (Å²) in [5.74, 6) is 6.14. The molecular weight excluding hydrogens is 470 g/mol. The molecule has 3 heterocycles. The first-order chi connectivity index (χ1) is 17.7. The quantitative estimate of drug-likeness (QED) is 0.516. The predicted molar refractivity (Wildman–Crippen MR) is 143 cm³/mol. The summed E-state index contributed by atoms with van der Waals surface area (Å²) in [7, 11) is 0. The Morgan fingerprint density at radius 2 is 1.61 bits per heavy atom. The molecule has 188 valence electrons. The van der Waals surface area contributed by atoms with E-state index in [0.717, 1.165) is 73.4 Å². The molecule has 36 heavy (non-hydrogen) atoms. The highest BCUT2D eigenvalue weighted by Gasteiger charge is 2.30. The van der Waals surface area contributed by atoms with Crippen LogP contribution in [0.5, 0.6) is 5.75 Å². The minimum Gasteiger partial charge on any atom is -0.412 e. The maximum atomic E-state index is 13.0. The van der Waals surface area contributed by atoms with E-state index in [2.05, 4.69) is 39.0 Å². The molecule has 1 saturated carbocycles. The summed E-state index contributed by atoms with van der Waals surface area (Å²) in [6, 6.07) is 17.0. The van der Waals surface area contributed by atoms with Crippen LogP contribution in [-0.2, 0) is 17.8 Å². The van der Waals surface area contributed by atoms with E-state index in [1.165, 1.54) is 29.8 Å². The Morgan fingerprint density at radius 1 is 0.944 bits per heavy atom. The second-order valence-electron chi connectivity index (χ2n) is 10.1. The Kier molecular flexibility index (Phi) is 6.75. The molecule has 0 spiro atoms. The number of aromatic nitrogens is 1. The van der Waals surface area contributed by atoms with Crippen LogP contribution in [0, 0.1) is 0 Å². The summed E-state index contributed by atoms with van der Waals surface area (Å²) < 4.78 is 0. The molecule has 1 aliphatic carbocycles. The molecule has 0 atom stereocenters. The van der Waals surface area contributed by atoms with Crippen molar-refractivity contribution in [2.45, 2.75) is 38.3 Å². The number of hydrogen-bond donors (Lipinski definition) is 1. The third-order valence-electron chi connectivity index (χ3n) is 7.88. The van der Waals surface area contributed by atoms with Crippen LogP contribution in [0.4, 0.5) is 0 Å². The Bertz CT molecular complexity index is 1200. The van der Waals surface area contributed by atoms with Crippen molar-refractivity contribution in [1.29, 1.82) is 0 Å². The minimum atomic E-state index is 0.276. The predicted octanol–water partition coefficient (Wildman–Crippen LogP) is 3.78. The van der Waals surface area contributed by atoms with Crippen molar-refractivity contribution < 1.29 is 9.63 Å². The number of benzene rings is 2. The van der Waals surface area contributed by atoms with Gasteiger partial charge in [-0.15, -0.1) is 11.3 Å². The second kappa shape index (κ2) is 10.3. The van der Waals surface area contributed by atoms with Crippen LogP contribution in [0.1, 0.15) is 29.8 Å². The van der Waals surface area contributed by atoms with Crippen LogP contribution in [0.15, 0.2) is 48.5 Å². The lowest BCUT2D eigenvalue weighted by Crippen LogP contribution is -2.55. The number of amides is 1. The molecule has 1 saturated heterocycles.